The molecular weight excluding hydrogens is 316 g/mol. The van der Waals surface area contributed by atoms with Crippen molar-refractivity contribution in [1.29, 1.82) is 0 Å². The quantitative estimate of drug-likeness (QED) is 0.661. The van der Waals surface area contributed by atoms with Crippen LogP contribution in [0.1, 0.15) is 11.1 Å². The molecule has 5 heteroatoms. The molecule has 3 aromatic rings. The number of aromatic nitrogens is 1. The Morgan fingerprint density at radius 1 is 1.00 bits per heavy atom. The van der Waals surface area contributed by atoms with Crippen LogP contribution in [-0.4, -0.2) is 42.4 Å². The summed E-state index contributed by atoms with van der Waals surface area (Å²) in [5.74, 6) is 1.56. The number of aliphatic hydroxyl groups excluding tert-OH is 1. The highest BCUT2D eigenvalue weighted by Gasteiger charge is 2.13. The van der Waals surface area contributed by atoms with Gasteiger partial charge in [0.15, 0.2) is 0 Å². The highest BCUT2D eigenvalue weighted by Crippen LogP contribution is 2.27. The first-order chi connectivity index (χ1) is 12.2. The molecule has 0 unspecified atom stereocenters. The van der Waals surface area contributed by atoms with Crippen LogP contribution in [0, 0.1) is 0 Å². The first-order valence-corrected chi connectivity index (χ1v) is 8.34. The van der Waals surface area contributed by atoms with Crippen LogP contribution in [0.3, 0.4) is 0 Å². The highest BCUT2D eigenvalue weighted by atomic mass is 16.5. The van der Waals surface area contributed by atoms with Crippen LogP contribution in [0.5, 0.6) is 11.5 Å². The predicted octanol–water partition coefficient (Wildman–Crippen LogP) is 3.18. The predicted molar refractivity (Wildman–Crippen MR) is 99.0 cm³/mol. The summed E-state index contributed by atoms with van der Waals surface area (Å²) >= 11 is 0. The zero-order chi connectivity index (χ0) is 17.6. The number of aliphatic hydroxyl groups is 1. The fourth-order valence-electron chi connectivity index (χ4n) is 3.11. The molecule has 1 heterocycles. The molecule has 2 N–H and O–H groups in total. The maximum Gasteiger partial charge on any atom is 0.127 e. The minimum absolute atomic E-state index is 0.113. The van der Waals surface area contributed by atoms with Crippen LogP contribution in [0.15, 0.2) is 48.7 Å². The number of rotatable bonds is 8. The van der Waals surface area contributed by atoms with Gasteiger partial charge in [-0.15, -0.1) is 0 Å². The molecule has 0 bridgehead atoms. The van der Waals surface area contributed by atoms with Gasteiger partial charge in [0, 0.05) is 48.4 Å². The van der Waals surface area contributed by atoms with Crippen molar-refractivity contribution in [3.05, 3.63) is 59.8 Å². The standard InChI is InChI=1S/C20H24N2O3/c1-24-17-7-6-16(20(12-17)25-2)14-22(10-11-23)13-15-4-3-5-19-18(15)8-9-21-19/h3-9,12,21,23H,10-11,13-14H2,1-2H3. The van der Waals surface area contributed by atoms with Crippen LogP contribution in [0.4, 0.5) is 0 Å². The molecule has 0 radical (unpaired) electrons. The molecular formula is C20H24N2O3. The number of nitrogens with one attached hydrogen (secondary N) is 1. The van der Waals surface area contributed by atoms with Crippen molar-refractivity contribution in [3.63, 3.8) is 0 Å². The Balaban J connectivity index is 1.83. The van der Waals surface area contributed by atoms with Crippen molar-refractivity contribution in [3.8, 4) is 11.5 Å². The Hall–Kier alpha value is -2.50. The summed E-state index contributed by atoms with van der Waals surface area (Å²) in [5.41, 5.74) is 3.43. The number of H-pyrrole nitrogens is 1. The molecule has 25 heavy (non-hydrogen) atoms. The number of hydrogen-bond acceptors (Lipinski definition) is 4. The third-order valence-corrected chi connectivity index (χ3v) is 4.38. The molecule has 0 aliphatic heterocycles. The third kappa shape index (κ3) is 3.95. The summed E-state index contributed by atoms with van der Waals surface area (Å²) in [6.45, 7) is 2.15. The van der Waals surface area contributed by atoms with Crippen LogP contribution < -0.4 is 9.47 Å². The third-order valence-electron chi connectivity index (χ3n) is 4.38. The van der Waals surface area contributed by atoms with Crippen molar-refractivity contribution < 1.29 is 14.6 Å². The van der Waals surface area contributed by atoms with Gasteiger partial charge in [0.2, 0.25) is 0 Å². The first kappa shape index (κ1) is 17.3. The van der Waals surface area contributed by atoms with Crippen LogP contribution in [-0.2, 0) is 13.1 Å². The molecule has 0 saturated heterocycles. The second-order valence-corrected chi connectivity index (χ2v) is 5.97. The minimum atomic E-state index is 0.113. The fraction of sp³-hybridized carbons (Fsp3) is 0.300. The Morgan fingerprint density at radius 2 is 1.84 bits per heavy atom. The lowest BCUT2D eigenvalue weighted by atomic mass is 10.1. The van der Waals surface area contributed by atoms with E-state index in [0.29, 0.717) is 13.1 Å². The van der Waals surface area contributed by atoms with Crippen molar-refractivity contribution >= 4 is 10.9 Å². The van der Waals surface area contributed by atoms with Gasteiger partial charge in [-0.25, -0.2) is 0 Å². The van der Waals surface area contributed by atoms with Gasteiger partial charge in [0.25, 0.3) is 0 Å². The van der Waals surface area contributed by atoms with E-state index in [1.165, 1.54) is 10.9 Å². The van der Waals surface area contributed by atoms with Crippen molar-refractivity contribution in [2.24, 2.45) is 0 Å². The number of nitrogens with zero attached hydrogens (tertiary/aromatic N) is 1. The summed E-state index contributed by atoms with van der Waals surface area (Å²) in [7, 11) is 3.30. The van der Waals surface area contributed by atoms with E-state index in [1.54, 1.807) is 14.2 Å². The van der Waals surface area contributed by atoms with Gasteiger partial charge in [0.05, 0.1) is 20.8 Å². The zero-order valence-corrected chi connectivity index (χ0v) is 14.7. The van der Waals surface area contributed by atoms with Gasteiger partial charge in [-0.05, 0) is 23.8 Å². The monoisotopic (exact) mass is 340 g/mol. The van der Waals surface area contributed by atoms with E-state index in [0.717, 1.165) is 29.1 Å². The van der Waals surface area contributed by atoms with Gasteiger partial charge in [-0.2, -0.15) is 0 Å². The van der Waals surface area contributed by atoms with E-state index in [2.05, 4.69) is 34.1 Å². The van der Waals surface area contributed by atoms with Gasteiger partial charge in [0.1, 0.15) is 11.5 Å². The number of fused-ring (bicyclic) bond motifs is 1. The molecule has 1 aromatic heterocycles. The van der Waals surface area contributed by atoms with E-state index >= 15 is 0 Å². The number of methoxy groups -OCH3 is 2. The summed E-state index contributed by atoms with van der Waals surface area (Å²) in [5, 5.41) is 10.7. The lowest BCUT2D eigenvalue weighted by Crippen LogP contribution is -2.26. The maximum absolute atomic E-state index is 9.48. The average molecular weight is 340 g/mol. The summed E-state index contributed by atoms with van der Waals surface area (Å²) in [6.07, 6.45) is 1.96. The largest absolute Gasteiger partial charge is 0.497 e. The van der Waals surface area contributed by atoms with E-state index in [4.69, 9.17) is 9.47 Å². The average Bonchev–Trinajstić information content (AvgIpc) is 3.12. The molecule has 0 spiro atoms. The fourth-order valence-corrected chi connectivity index (χ4v) is 3.11. The van der Waals surface area contributed by atoms with Gasteiger partial charge in [-0.1, -0.05) is 18.2 Å². The van der Waals surface area contributed by atoms with Crippen molar-refractivity contribution in [1.82, 2.24) is 9.88 Å². The number of benzene rings is 2. The molecule has 0 fully saturated rings. The summed E-state index contributed by atoms with van der Waals surface area (Å²) < 4.78 is 10.8. The lowest BCUT2D eigenvalue weighted by Gasteiger charge is -2.23. The van der Waals surface area contributed by atoms with Crippen molar-refractivity contribution in [2.75, 3.05) is 27.4 Å². The van der Waals surface area contributed by atoms with Gasteiger partial charge < -0.3 is 19.6 Å². The molecule has 0 amide bonds. The van der Waals surface area contributed by atoms with Crippen LogP contribution in [0.25, 0.3) is 10.9 Å². The smallest absolute Gasteiger partial charge is 0.127 e. The summed E-state index contributed by atoms with van der Waals surface area (Å²) in [6, 6.07) is 14.2. The molecule has 132 valence electrons. The van der Waals surface area contributed by atoms with Gasteiger partial charge >= 0.3 is 0 Å². The molecule has 0 atom stereocenters. The van der Waals surface area contributed by atoms with Crippen LogP contribution in [0.2, 0.25) is 0 Å². The number of aromatic amines is 1. The number of ether oxygens (including phenoxy) is 2. The molecule has 0 aliphatic rings. The van der Waals surface area contributed by atoms with Gasteiger partial charge in [-0.3, -0.25) is 4.90 Å². The van der Waals surface area contributed by atoms with Crippen LogP contribution >= 0.6 is 0 Å². The SMILES string of the molecule is COc1ccc(CN(CCO)Cc2cccc3[nH]ccc23)c(OC)c1. The van der Waals surface area contributed by atoms with E-state index in [-0.39, 0.29) is 6.61 Å². The normalized spacial score (nSPS) is 11.2. The zero-order valence-electron chi connectivity index (χ0n) is 14.7. The number of hydrogen-bond donors (Lipinski definition) is 2. The van der Waals surface area contributed by atoms with E-state index in [1.807, 2.05) is 24.4 Å². The van der Waals surface area contributed by atoms with Crippen molar-refractivity contribution in [2.45, 2.75) is 13.1 Å². The topological polar surface area (TPSA) is 57.7 Å². The molecule has 2 aromatic carbocycles. The van der Waals surface area contributed by atoms with E-state index in [9.17, 15) is 5.11 Å². The molecule has 3 rings (SSSR count). The molecule has 5 nitrogen and oxygen atoms in total. The Morgan fingerprint density at radius 3 is 2.60 bits per heavy atom. The molecule has 0 aliphatic carbocycles. The highest BCUT2D eigenvalue weighted by molar-refractivity contribution is 5.82. The Bertz CT molecular complexity index is 829. The second kappa shape index (κ2) is 8.05. The van der Waals surface area contributed by atoms with E-state index < -0.39 is 0 Å². The lowest BCUT2D eigenvalue weighted by molar-refractivity contribution is 0.183. The Labute approximate surface area is 147 Å². The second-order valence-electron chi connectivity index (χ2n) is 5.97. The summed E-state index contributed by atoms with van der Waals surface area (Å²) in [4.78, 5) is 5.46. The first-order valence-electron chi connectivity index (χ1n) is 8.34. The Kier molecular flexibility index (Phi) is 5.58. The molecule has 0 saturated carbocycles. The minimum Gasteiger partial charge on any atom is -0.497 e. The maximum atomic E-state index is 9.48.